The maximum absolute atomic E-state index is 13.2. The number of amidine groups is 1. The van der Waals surface area contributed by atoms with Crippen molar-refractivity contribution in [3.8, 4) is 5.75 Å². The number of hydrogen-bond acceptors (Lipinski definition) is 3. The quantitative estimate of drug-likeness (QED) is 0.394. The molecule has 0 heterocycles. The van der Waals surface area contributed by atoms with E-state index in [4.69, 9.17) is 15.7 Å². The summed E-state index contributed by atoms with van der Waals surface area (Å²) in [5.41, 5.74) is 7.02. The maximum Gasteiger partial charge on any atom is 0.170 e. The predicted molar refractivity (Wildman–Crippen MR) is 74.4 cm³/mol. The number of hydrogen-bond donors (Lipinski definition) is 2. The van der Waals surface area contributed by atoms with Crippen molar-refractivity contribution >= 4 is 5.84 Å². The molecular weight excluding hydrogens is 278 g/mol. The molecule has 4 nitrogen and oxygen atoms in total. The molecular formula is C15H14F2N2O2. The summed E-state index contributed by atoms with van der Waals surface area (Å²) in [6.45, 7) is 1.82. The number of ether oxygens (including phenoxy) is 1. The molecule has 0 unspecified atom stereocenters. The fraction of sp³-hybridized carbons (Fsp3) is 0.133. The summed E-state index contributed by atoms with van der Waals surface area (Å²) in [4.78, 5) is 0. The third-order valence-electron chi connectivity index (χ3n) is 2.99. The summed E-state index contributed by atoms with van der Waals surface area (Å²) >= 11 is 0. The molecule has 0 radical (unpaired) electrons. The standard InChI is InChI=1S/C15H14F2N2O2/c1-9-2-4-12(17)7-14(9)21-8-10-3-5-11(16)6-13(10)15(18)19-20/h2-7,20H,8H2,1H3,(H2,18,19). The highest BCUT2D eigenvalue weighted by Crippen LogP contribution is 2.21. The van der Waals surface area contributed by atoms with Crippen LogP contribution in [0.2, 0.25) is 0 Å². The van der Waals surface area contributed by atoms with Gasteiger partial charge in [0, 0.05) is 17.2 Å². The zero-order chi connectivity index (χ0) is 15.4. The first-order chi connectivity index (χ1) is 10.0. The number of rotatable bonds is 4. The lowest BCUT2D eigenvalue weighted by atomic mass is 10.1. The molecule has 0 aliphatic heterocycles. The monoisotopic (exact) mass is 292 g/mol. The van der Waals surface area contributed by atoms with Crippen LogP contribution < -0.4 is 10.5 Å². The van der Waals surface area contributed by atoms with E-state index in [1.54, 1.807) is 13.0 Å². The van der Waals surface area contributed by atoms with Crippen LogP contribution in [0.25, 0.3) is 0 Å². The van der Waals surface area contributed by atoms with Crippen molar-refractivity contribution in [3.05, 3.63) is 64.7 Å². The molecule has 0 aliphatic rings. The highest BCUT2D eigenvalue weighted by atomic mass is 19.1. The number of halogens is 2. The number of oxime groups is 1. The molecule has 110 valence electrons. The van der Waals surface area contributed by atoms with Crippen molar-refractivity contribution < 1.29 is 18.7 Å². The first kappa shape index (κ1) is 14.8. The fourth-order valence-electron chi connectivity index (χ4n) is 1.85. The van der Waals surface area contributed by atoms with E-state index in [9.17, 15) is 8.78 Å². The minimum Gasteiger partial charge on any atom is -0.489 e. The van der Waals surface area contributed by atoms with Crippen molar-refractivity contribution in [1.82, 2.24) is 0 Å². The first-order valence-electron chi connectivity index (χ1n) is 6.16. The molecule has 3 N–H and O–H groups in total. The molecule has 0 bridgehead atoms. The van der Waals surface area contributed by atoms with Gasteiger partial charge in [-0.2, -0.15) is 0 Å². The highest BCUT2D eigenvalue weighted by Gasteiger charge is 2.10. The Morgan fingerprint density at radius 2 is 1.86 bits per heavy atom. The average Bonchev–Trinajstić information content (AvgIpc) is 2.48. The Hall–Kier alpha value is -2.63. The molecule has 0 amide bonds. The van der Waals surface area contributed by atoms with Crippen LogP contribution in [0, 0.1) is 18.6 Å². The van der Waals surface area contributed by atoms with Gasteiger partial charge in [-0.05, 0) is 30.7 Å². The van der Waals surface area contributed by atoms with E-state index >= 15 is 0 Å². The zero-order valence-corrected chi connectivity index (χ0v) is 11.3. The van der Waals surface area contributed by atoms with Gasteiger partial charge in [-0.25, -0.2) is 8.78 Å². The minimum absolute atomic E-state index is 0.0378. The highest BCUT2D eigenvalue weighted by molar-refractivity contribution is 5.98. The van der Waals surface area contributed by atoms with Crippen molar-refractivity contribution in [2.45, 2.75) is 13.5 Å². The molecule has 0 saturated carbocycles. The minimum atomic E-state index is -0.512. The summed E-state index contributed by atoms with van der Waals surface area (Å²) in [6.07, 6.45) is 0. The molecule has 0 aromatic heterocycles. The van der Waals surface area contributed by atoms with E-state index in [1.165, 1.54) is 24.3 Å². The number of aryl methyl sites for hydroxylation is 1. The Bertz CT molecular complexity index is 687. The van der Waals surface area contributed by atoms with E-state index in [0.29, 0.717) is 11.3 Å². The van der Waals surface area contributed by atoms with Gasteiger partial charge in [-0.3, -0.25) is 0 Å². The zero-order valence-electron chi connectivity index (χ0n) is 11.3. The largest absolute Gasteiger partial charge is 0.489 e. The molecule has 0 atom stereocenters. The molecule has 0 fully saturated rings. The molecule has 6 heteroatoms. The summed E-state index contributed by atoms with van der Waals surface area (Å²) < 4.78 is 32.0. The summed E-state index contributed by atoms with van der Waals surface area (Å²) in [5, 5.41) is 11.6. The normalized spacial score (nSPS) is 11.5. The Labute approximate surface area is 120 Å². The predicted octanol–water partition coefficient (Wildman–Crippen LogP) is 2.95. The van der Waals surface area contributed by atoms with Gasteiger partial charge in [-0.15, -0.1) is 0 Å². The van der Waals surface area contributed by atoms with E-state index < -0.39 is 11.6 Å². The van der Waals surface area contributed by atoms with Gasteiger partial charge in [0.2, 0.25) is 0 Å². The van der Waals surface area contributed by atoms with E-state index in [2.05, 4.69) is 5.16 Å². The van der Waals surface area contributed by atoms with Crippen LogP contribution >= 0.6 is 0 Å². The third-order valence-corrected chi connectivity index (χ3v) is 2.99. The van der Waals surface area contributed by atoms with Crippen LogP contribution in [-0.2, 0) is 6.61 Å². The van der Waals surface area contributed by atoms with Gasteiger partial charge < -0.3 is 15.7 Å². The molecule has 2 aromatic rings. The smallest absolute Gasteiger partial charge is 0.170 e. The van der Waals surface area contributed by atoms with Crippen molar-refractivity contribution in [2.75, 3.05) is 0 Å². The van der Waals surface area contributed by atoms with E-state index in [0.717, 1.165) is 11.6 Å². The third kappa shape index (κ3) is 3.47. The van der Waals surface area contributed by atoms with Crippen molar-refractivity contribution in [1.29, 1.82) is 0 Å². The van der Waals surface area contributed by atoms with Crippen molar-refractivity contribution in [2.24, 2.45) is 10.9 Å². The Morgan fingerprint density at radius 3 is 2.57 bits per heavy atom. The number of benzene rings is 2. The summed E-state index contributed by atoms with van der Waals surface area (Å²) in [7, 11) is 0. The lowest BCUT2D eigenvalue weighted by Gasteiger charge is -2.12. The molecule has 0 aliphatic carbocycles. The van der Waals surface area contributed by atoms with Crippen LogP contribution in [0.15, 0.2) is 41.6 Å². The Balaban J connectivity index is 2.26. The van der Waals surface area contributed by atoms with E-state index in [-0.39, 0.29) is 18.0 Å². The van der Waals surface area contributed by atoms with Gasteiger partial charge in [-0.1, -0.05) is 17.3 Å². The second kappa shape index (κ2) is 6.21. The van der Waals surface area contributed by atoms with Crippen LogP contribution in [-0.4, -0.2) is 11.0 Å². The molecule has 21 heavy (non-hydrogen) atoms. The van der Waals surface area contributed by atoms with Gasteiger partial charge in [0.15, 0.2) is 5.84 Å². The van der Waals surface area contributed by atoms with Crippen LogP contribution in [0.1, 0.15) is 16.7 Å². The van der Waals surface area contributed by atoms with Gasteiger partial charge in [0.05, 0.1) is 0 Å². The topological polar surface area (TPSA) is 67.8 Å². The lowest BCUT2D eigenvalue weighted by molar-refractivity contribution is 0.301. The van der Waals surface area contributed by atoms with Crippen molar-refractivity contribution in [3.63, 3.8) is 0 Å². The van der Waals surface area contributed by atoms with Gasteiger partial charge in [0.25, 0.3) is 0 Å². The SMILES string of the molecule is Cc1ccc(F)cc1OCc1ccc(F)cc1/C(N)=N/O. The molecule has 0 saturated heterocycles. The van der Waals surface area contributed by atoms with Crippen LogP contribution in [0.3, 0.4) is 0 Å². The van der Waals surface area contributed by atoms with Gasteiger partial charge >= 0.3 is 0 Å². The molecule has 2 aromatic carbocycles. The number of nitrogens with zero attached hydrogens (tertiary/aromatic N) is 1. The second-order valence-corrected chi connectivity index (χ2v) is 4.49. The first-order valence-corrected chi connectivity index (χ1v) is 6.16. The molecule has 0 spiro atoms. The Morgan fingerprint density at radius 1 is 1.19 bits per heavy atom. The Kier molecular flexibility index (Phi) is 4.37. The lowest BCUT2D eigenvalue weighted by Crippen LogP contribution is -2.17. The molecule has 2 rings (SSSR count). The number of nitrogens with two attached hydrogens (primary N) is 1. The van der Waals surface area contributed by atoms with E-state index in [1.807, 2.05) is 0 Å². The summed E-state index contributed by atoms with van der Waals surface area (Å²) in [5.74, 6) is -0.762. The maximum atomic E-state index is 13.2. The average molecular weight is 292 g/mol. The van der Waals surface area contributed by atoms with Crippen LogP contribution in [0.5, 0.6) is 5.75 Å². The van der Waals surface area contributed by atoms with Crippen LogP contribution in [0.4, 0.5) is 8.78 Å². The second-order valence-electron chi connectivity index (χ2n) is 4.49. The summed E-state index contributed by atoms with van der Waals surface area (Å²) in [6, 6.07) is 8.05. The van der Waals surface area contributed by atoms with Gasteiger partial charge in [0.1, 0.15) is 24.0 Å². The fourth-order valence-corrected chi connectivity index (χ4v) is 1.85.